The number of nitrogens with zero attached hydrogens (tertiary/aromatic N) is 1. The molecule has 0 aromatic carbocycles. The van der Waals surface area contributed by atoms with Crippen molar-refractivity contribution >= 4 is 5.91 Å². The Kier molecular flexibility index (Phi) is 4.18. The average molecular weight is 186 g/mol. The van der Waals surface area contributed by atoms with Gasteiger partial charge in [-0.05, 0) is 12.8 Å². The van der Waals surface area contributed by atoms with Crippen LogP contribution < -0.4 is 5.32 Å². The first-order chi connectivity index (χ1) is 6.24. The quantitative estimate of drug-likeness (QED) is 0.629. The smallest absolute Gasteiger partial charge is 0.219 e. The van der Waals surface area contributed by atoms with Crippen molar-refractivity contribution in [2.24, 2.45) is 0 Å². The fourth-order valence-corrected chi connectivity index (χ4v) is 1.70. The van der Waals surface area contributed by atoms with Gasteiger partial charge in [0.05, 0.1) is 6.61 Å². The summed E-state index contributed by atoms with van der Waals surface area (Å²) in [5.41, 5.74) is 0. The zero-order valence-electron chi connectivity index (χ0n) is 8.12. The van der Waals surface area contributed by atoms with E-state index in [4.69, 9.17) is 5.11 Å². The molecule has 0 aromatic rings. The van der Waals surface area contributed by atoms with Gasteiger partial charge in [0.15, 0.2) is 0 Å². The summed E-state index contributed by atoms with van der Waals surface area (Å²) in [6.45, 7) is 4.06. The number of carbonyl (C=O) groups excluding carboxylic acids is 1. The fraction of sp³-hybridized carbons (Fsp3) is 0.889. The number of hydrogen-bond donors (Lipinski definition) is 2. The van der Waals surface area contributed by atoms with E-state index in [0.717, 1.165) is 25.9 Å². The molecule has 13 heavy (non-hydrogen) atoms. The first kappa shape index (κ1) is 10.5. The molecule has 1 amide bonds. The number of amides is 1. The van der Waals surface area contributed by atoms with Crippen molar-refractivity contribution in [3.8, 4) is 0 Å². The Hall–Kier alpha value is -0.610. The van der Waals surface area contributed by atoms with Crippen LogP contribution in [0.2, 0.25) is 0 Å². The number of nitrogens with one attached hydrogen (secondary N) is 1. The summed E-state index contributed by atoms with van der Waals surface area (Å²) in [5, 5.41) is 11.8. The molecule has 1 atom stereocenters. The molecule has 1 aliphatic rings. The lowest BCUT2D eigenvalue weighted by atomic mass is 10.1. The first-order valence-electron chi connectivity index (χ1n) is 4.84. The van der Waals surface area contributed by atoms with Gasteiger partial charge in [0, 0.05) is 32.6 Å². The molecule has 4 heteroatoms. The third-order valence-corrected chi connectivity index (χ3v) is 2.41. The summed E-state index contributed by atoms with van der Waals surface area (Å²) >= 11 is 0. The molecule has 0 aromatic heterocycles. The molecule has 2 N–H and O–H groups in total. The molecule has 0 unspecified atom stereocenters. The summed E-state index contributed by atoms with van der Waals surface area (Å²) in [6, 6.07) is 0.366. The monoisotopic (exact) mass is 186 g/mol. The highest BCUT2D eigenvalue weighted by Crippen LogP contribution is 2.09. The second kappa shape index (κ2) is 5.19. The second-order valence-electron chi connectivity index (χ2n) is 3.48. The van der Waals surface area contributed by atoms with Crippen LogP contribution in [-0.4, -0.2) is 48.2 Å². The Labute approximate surface area is 78.9 Å². The third-order valence-electron chi connectivity index (χ3n) is 2.41. The number of likely N-dealkylation sites (tertiary alicyclic amines) is 1. The van der Waals surface area contributed by atoms with Gasteiger partial charge in [-0.2, -0.15) is 0 Å². The molecule has 0 aliphatic carbocycles. The largest absolute Gasteiger partial charge is 0.395 e. The molecule has 1 saturated heterocycles. The molecule has 76 valence electrons. The molecule has 4 nitrogen and oxygen atoms in total. The lowest BCUT2D eigenvalue weighted by molar-refractivity contribution is -0.130. The Morgan fingerprint density at radius 1 is 1.69 bits per heavy atom. The Bertz CT molecular complexity index is 173. The molecule has 1 aliphatic heterocycles. The van der Waals surface area contributed by atoms with Gasteiger partial charge in [0.1, 0.15) is 0 Å². The first-order valence-corrected chi connectivity index (χ1v) is 4.84. The number of carbonyl (C=O) groups is 1. The topological polar surface area (TPSA) is 52.6 Å². The van der Waals surface area contributed by atoms with Crippen LogP contribution in [0.5, 0.6) is 0 Å². The van der Waals surface area contributed by atoms with Crippen LogP contribution in [0.3, 0.4) is 0 Å². The molecule has 1 rings (SSSR count). The van der Waals surface area contributed by atoms with Crippen LogP contribution >= 0.6 is 0 Å². The van der Waals surface area contributed by atoms with E-state index in [2.05, 4.69) is 5.32 Å². The molecular weight excluding hydrogens is 168 g/mol. The third kappa shape index (κ3) is 3.32. The second-order valence-corrected chi connectivity index (χ2v) is 3.48. The van der Waals surface area contributed by atoms with Crippen molar-refractivity contribution in [2.45, 2.75) is 25.8 Å². The van der Waals surface area contributed by atoms with Crippen LogP contribution in [0, 0.1) is 0 Å². The number of aliphatic hydroxyl groups excluding tert-OH is 1. The van der Waals surface area contributed by atoms with Gasteiger partial charge in [-0.1, -0.05) is 0 Å². The van der Waals surface area contributed by atoms with Crippen LogP contribution in [0.1, 0.15) is 19.8 Å². The van der Waals surface area contributed by atoms with E-state index in [1.54, 1.807) is 6.92 Å². The van der Waals surface area contributed by atoms with Gasteiger partial charge in [-0.15, -0.1) is 0 Å². The highest BCUT2D eigenvalue weighted by molar-refractivity contribution is 5.73. The zero-order chi connectivity index (χ0) is 9.68. The van der Waals surface area contributed by atoms with Crippen molar-refractivity contribution < 1.29 is 9.90 Å². The maximum Gasteiger partial charge on any atom is 0.219 e. The molecule has 0 bridgehead atoms. The van der Waals surface area contributed by atoms with Gasteiger partial charge in [0.25, 0.3) is 0 Å². The van der Waals surface area contributed by atoms with Gasteiger partial charge < -0.3 is 15.3 Å². The van der Waals surface area contributed by atoms with Gasteiger partial charge >= 0.3 is 0 Å². The highest BCUT2D eigenvalue weighted by atomic mass is 16.3. The van der Waals surface area contributed by atoms with Crippen molar-refractivity contribution in [3.63, 3.8) is 0 Å². The van der Waals surface area contributed by atoms with Crippen LogP contribution in [0.15, 0.2) is 0 Å². The zero-order valence-corrected chi connectivity index (χ0v) is 8.12. The van der Waals surface area contributed by atoms with Crippen molar-refractivity contribution in [1.82, 2.24) is 10.2 Å². The molecule has 0 saturated carbocycles. The van der Waals surface area contributed by atoms with Crippen molar-refractivity contribution in [2.75, 3.05) is 26.2 Å². The average Bonchev–Trinajstić information content (AvgIpc) is 2.15. The fourth-order valence-electron chi connectivity index (χ4n) is 1.70. The molecular formula is C9H18N2O2. The molecule has 0 spiro atoms. The number of aliphatic hydroxyl groups is 1. The van der Waals surface area contributed by atoms with E-state index < -0.39 is 0 Å². The Morgan fingerprint density at radius 3 is 3.08 bits per heavy atom. The Morgan fingerprint density at radius 2 is 2.46 bits per heavy atom. The van der Waals surface area contributed by atoms with E-state index in [1.807, 2.05) is 4.90 Å². The van der Waals surface area contributed by atoms with Crippen LogP contribution in [-0.2, 0) is 4.79 Å². The Balaban J connectivity index is 2.29. The lowest BCUT2D eigenvalue weighted by Gasteiger charge is -2.32. The molecule has 0 radical (unpaired) electrons. The van der Waals surface area contributed by atoms with Gasteiger partial charge in [0.2, 0.25) is 5.91 Å². The molecule has 1 fully saturated rings. The minimum atomic E-state index is 0.149. The van der Waals surface area contributed by atoms with Crippen LogP contribution in [0.25, 0.3) is 0 Å². The predicted octanol–water partition coefficient (Wildman–Crippen LogP) is -0.421. The maximum absolute atomic E-state index is 11.1. The predicted molar refractivity (Wildman–Crippen MR) is 50.4 cm³/mol. The number of piperidine rings is 1. The minimum absolute atomic E-state index is 0.149. The molecule has 1 heterocycles. The normalized spacial score (nSPS) is 23.2. The van der Waals surface area contributed by atoms with E-state index in [0.29, 0.717) is 12.6 Å². The van der Waals surface area contributed by atoms with E-state index >= 15 is 0 Å². The van der Waals surface area contributed by atoms with Crippen LogP contribution in [0.4, 0.5) is 0 Å². The van der Waals surface area contributed by atoms with Gasteiger partial charge in [-0.25, -0.2) is 0 Å². The summed E-state index contributed by atoms with van der Waals surface area (Å²) in [4.78, 5) is 12.9. The number of hydrogen-bond acceptors (Lipinski definition) is 3. The van der Waals surface area contributed by atoms with Crippen molar-refractivity contribution in [1.29, 1.82) is 0 Å². The lowest BCUT2D eigenvalue weighted by Crippen LogP contribution is -2.47. The van der Waals surface area contributed by atoms with E-state index in [-0.39, 0.29) is 12.5 Å². The highest BCUT2D eigenvalue weighted by Gasteiger charge is 2.20. The standard InChI is InChI=1S/C9H18N2O2/c1-8(13)11-5-2-3-9(7-11)10-4-6-12/h9-10,12H,2-7H2,1H3/t9-/m1/s1. The summed E-state index contributed by atoms with van der Waals surface area (Å²) in [6.07, 6.45) is 2.16. The SMILES string of the molecule is CC(=O)N1CCC[C@@H](NCCO)C1. The summed E-state index contributed by atoms with van der Waals surface area (Å²) in [7, 11) is 0. The minimum Gasteiger partial charge on any atom is -0.395 e. The van der Waals surface area contributed by atoms with E-state index in [9.17, 15) is 4.79 Å². The summed E-state index contributed by atoms with van der Waals surface area (Å²) < 4.78 is 0. The number of rotatable bonds is 3. The summed E-state index contributed by atoms with van der Waals surface area (Å²) in [5.74, 6) is 0.149. The van der Waals surface area contributed by atoms with E-state index in [1.165, 1.54) is 0 Å². The van der Waals surface area contributed by atoms with Gasteiger partial charge in [-0.3, -0.25) is 4.79 Å². The maximum atomic E-state index is 11.1. The van der Waals surface area contributed by atoms with Crippen molar-refractivity contribution in [3.05, 3.63) is 0 Å².